The number of quaternary nitrogens is 1. The van der Waals surface area contributed by atoms with Gasteiger partial charge < -0.3 is 24.4 Å². The molecule has 1 aliphatic heterocycles. The second-order valence-corrected chi connectivity index (χ2v) is 7.15. The van der Waals surface area contributed by atoms with Crippen LogP contribution in [0.1, 0.15) is 35.3 Å². The first-order valence-electron chi connectivity index (χ1n) is 10.3. The van der Waals surface area contributed by atoms with Crippen molar-refractivity contribution in [1.29, 1.82) is 0 Å². The Morgan fingerprint density at radius 1 is 1.00 bits per heavy atom. The third-order valence-corrected chi connectivity index (χ3v) is 5.05. The standard InChI is InChI=1S/C23H28N2O5/c1-4-29-20-12-17-10-11-25(14-18(17)13-21(20)30-5-2)15-22(26)24-19-8-6-16(7-9-19)23(27)28-3/h6-9,12-13H,4-5,10-11,14-15H2,1-3H3,(H,24,26)/p+1. The number of methoxy groups -OCH3 is 1. The minimum absolute atomic E-state index is 0.0600. The normalized spacial score (nSPS) is 15.1. The lowest BCUT2D eigenvalue weighted by molar-refractivity contribution is -0.907. The van der Waals surface area contributed by atoms with Crippen molar-refractivity contribution in [3.63, 3.8) is 0 Å². The lowest BCUT2D eigenvalue weighted by Crippen LogP contribution is -3.12. The summed E-state index contributed by atoms with van der Waals surface area (Å²) in [6.45, 7) is 7.09. The molecule has 0 bridgehead atoms. The van der Waals surface area contributed by atoms with E-state index in [1.807, 2.05) is 19.9 Å². The number of carbonyl (C=O) groups excluding carboxylic acids is 2. The van der Waals surface area contributed by atoms with Gasteiger partial charge in [-0.3, -0.25) is 4.79 Å². The predicted octanol–water partition coefficient (Wildman–Crippen LogP) is 1.85. The number of nitrogens with one attached hydrogen (secondary N) is 2. The highest BCUT2D eigenvalue weighted by Gasteiger charge is 2.24. The Hall–Kier alpha value is -3.06. The van der Waals surface area contributed by atoms with Gasteiger partial charge in [-0.05, 0) is 55.8 Å². The molecule has 2 aromatic carbocycles. The molecule has 0 spiro atoms. The van der Waals surface area contributed by atoms with E-state index in [0.717, 1.165) is 31.0 Å². The lowest BCUT2D eigenvalue weighted by Gasteiger charge is -2.26. The van der Waals surface area contributed by atoms with Crippen molar-refractivity contribution in [3.8, 4) is 11.5 Å². The number of benzene rings is 2. The zero-order valence-electron chi connectivity index (χ0n) is 17.7. The SMILES string of the molecule is CCOc1cc2c(cc1OCC)C[NH+](CC(=O)Nc1ccc(C(=O)OC)cc1)CC2. The molecule has 0 radical (unpaired) electrons. The van der Waals surface area contributed by atoms with Crippen LogP contribution >= 0.6 is 0 Å². The molecule has 1 unspecified atom stereocenters. The van der Waals surface area contributed by atoms with Crippen molar-refractivity contribution in [2.45, 2.75) is 26.8 Å². The number of hydrogen-bond donors (Lipinski definition) is 2. The monoisotopic (exact) mass is 413 g/mol. The lowest BCUT2D eigenvalue weighted by atomic mass is 9.98. The van der Waals surface area contributed by atoms with Gasteiger partial charge in [-0.2, -0.15) is 0 Å². The molecule has 2 aromatic rings. The fraction of sp³-hybridized carbons (Fsp3) is 0.391. The third-order valence-electron chi connectivity index (χ3n) is 5.05. The van der Waals surface area contributed by atoms with Crippen LogP contribution in [0.4, 0.5) is 5.69 Å². The average Bonchev–Trinajstić information content (AvgIpc) is 2.74. The van der Waals surface area contributed by atoms with Crippen LogP contribution in [0, 0.1) is 0 Å². The molecule has 3 rings (SSSR count). The van der Waals surface area contributed by atoms with Gasteiger partial charge in [0.15, 0.2) is 18.0 Å². The maximum Gasteiger partial charge on any atom is 0.337 e. The molecule has 0 aliphatic carbocycles. The summed E-state index contributed by atoms with van der Waals surface area (Å²) in [4.78, 5) is 25.2. The maximum absolute atomic E-state index is 12.5. The molecule has 0 saturated carbocycles. The molecule has 2 N–H and O–H groups in total. The summed E-state index contributed by atoms with van der Waals surface area (Å²) in [5.41, 5.74) is 3.55. The number of amides is 1. The third kappa shape index (κ3) is 5.30. The van der Waals surface area contributed by atoms with Crippen molar-refractivity contribution in [1.82, 2.24) is 0 Å². The van der Waals surface area contributed by atoms with E-state index in [-0.39, 0.29) is 5.91 Å². The largest absolute Gasteiger partial charge is 0.490 e. The van der Waals surface area contributed by atoms with Crippen LogP contribution in [0.15, 0.2) is 36.4 Å². The van der Waals surface area contributed by atoms with Gasteiger partial charge in [0.1, 0.15) is 6.54 Å². The van der Waals surface area contributed by atoms with Crippen LogP contribution in [0.5, 0.6) is 11.5 Å². The summed E-state index contributed by atoms with van der Waals surface area (Å²) in [6, 6.07) is 10.8. The summed E-state index contributed by atoms with van der Waals surface area (Å²) in [5, 5.41) is 2.90. The number of rotatable bonds is 8. The molecule has 1 amide bonds. The zero-order chi connectivity index (χ0) is 21.5. The molecule has 0 aromatic heterocycles. The average molecular weight is 413 g/mol. The quantitative estimate of drug-likeness (QED) is 0.646. The van der Waals surface area contributed by atoms with Gasteiger partial charge in [0.2, 0.25) is 0 Å². The molecule has 1 aliphatic rings. The summed E-state index contributed by atoms with van der Waals surface area (Å²) in [6.07, 6.45) is 0.887. The van der Waals surface area contributed by atoms with E-state index < -0.39 is 5.97 Å². The van der Waals surface area contributed by atoms with E-state index in [1.54, 1.807) is 24.3 Å². The highest BCUT2D eigenvalue weighted by Crippen LogP contribution is 2.32. The van der Waals surface area contributed by atoms with Crippen LogP contribution in [0.25, 0.3) is 0 Å². The van der Waals surface area contributed by atoms with Crippen molar-refractivity contribution in [2.24, 2.45) is 0 Å². The number of hydrogen-bond acceptors (Lipinski definition) is 5. The van der Waals surface area contributed by atoms with Crippen LogP contribution < -0.4 is 19.7 Å². The number of esters is 1. The van der Waals surface area contributed by atoms with Crippen LogP contribution in [0.3, 0.4) is 0 Å². The Bertz CT molecular complexity index is 895. The van der Waals surface area contributed by atoms with E-state index in [1.165, 1.54) is 23.1 Å². The summed E-state index contributed by atoms with van der Waals surface area (Å²) in [7, 11) is 1.34. The van der Waals surface area contributed by atoms with E-state index in [2.05, 4.69) is 16.1 Å². The van der Waals surface area contributed by atoms with Gasteiger partial charge in [-0.15, -0.1) is 0 Å². The molecule has 0 saturated heterocycles. The molecule has 0 fully saturated rings. The van der Waals surface area contributed by atoms with E-state index in [0.29, 0.717) is 31.0 Å². The Morgan fingerprint density at radius 2 is 1.63 bits per heavy atom. The van der Waals surface area contributed by atoms with Gasteiger partial charge >= 0.3 is 5.97 Å². The van der Waals surface area contributed by atoms with Crippen LogP contribution in [-0.4, -0.2) is 45.3 Å². The molecular weight excluding hydrogens is 384 g/mol. The fourth-order valence-electron chi connectivity index (χ4n) is 3.64. The summed E-state index contributed by atoms with van der Waals surface area (Å²) >= 11 is 0. The van der Waals surface area contributed by atoms with E-state index in [9.17, 15) is 9.59 Å². The van der Waals surface area contributed by atoms with Crippen LogP contribution in [0.2, 0.25) is 0 Å². The maximum atomic E-state index is 12.5. The Balaban J connectivity index is 1.62. The number of anilines is 1. The first-order valence-corrected chi connectivity index (χ1v) is 10.3. The fourth-order valence-corrected chi connectivity index (χ4v) is 3.64. The van der Waals surface area contributed by atoms with Crippen molar-refractivity contribution >= 4 is 17.6 Å². The molecular formula is C23H29N2O5+. The number of carbonyl (C=O) groups is 2. The van der Waals surface area contributed by atoms with Crippen molar-refractivity contribution in [3.05, 3.63) is 53.1 Å². The molecule has 1 heterocycles. The van der Waals surface area contributed by atoms with E-state index in [4.69, 9.17) is 9.47 Å². The molecule has 160 valence electrons. The Kier molecular flexibility index (Phi) is 7.30. The number of fused-ring (bicyclic) bond motifs is 1. The predicted molar refractivity (Wildman–Crippen MR) is 113 cm³/mol. The minimum atomic E-state index is -0.400. The van der Waals surface area contributed by atoms with Gasteiger partial charge in [0, 0.05) is 17.7 Å². The molecule has 7 heteroatoms. The Labute approximate surface area is 176 Å². The molecule has 7 nitrogen and oxygen atoms in total. The van der Waals surface area contributed by atoms with Crippen LogP contribution in [-0.2, 0) is 22.5 Å². The first kappa shape index (κ1) is 21.6. The van der Waals surface area contributed by atoms with Gasteiger partial charge in [0.05, 0.1) is 32.4 Å². The Morgan fingerprint density at radius 3 is 2.23 bits per heavy atom. The highest BCUT2D eigenvalue weighted by atomic mass is 16.5. The van der Waals surface area contributed by atoms with Crippen molar-refractivity contribution in [2.75, 3.05) is 38.7 Å². The van der Waals surface area contributed by atoms with Gasteiger partial charge in [-0.1, -0.05) is 0 Å². The first-order chi connectivity index (χ1) is 14.5. The van der Waals surface area contributed by atoms with E-state index >= 15 is 0 Å². The van der Waals surface area contributed by atoms with Gasteiger partial charge in [0.25, 0.3) is 5.91 Å². The molecule has 30 heavy (non-hydrogen) atoms. The summed E-state index contributed by atoms with van der Waals surface area (Å²) < 4.78 is 16.1. The second kappa shape index (κ2) is 10.1. The number of ether oxygens (including phenoxy) is 3. The van der Waals surface area contributed by atoms with Crippen molar-refractivity contribution < 1.29 is 28.7 Å². The highest BCUT2D eigenvalue weighted by molar-refractivity contribution is 5.93. The minimum Gasteiger partial charge on any atom is -0.490 e. The van der Waals surface area contributed by atoms with Gasteiger partial charge in [-0.25, -0.2) is 4.79 Å². The molecule has 1 atom stereocenters. The second-order valence-electron chi connectivity index (χ2n) is 7.15. The smallest absolute Gasteiger partial charge is 0.337 e. The topological polar surface area (TPSA) is 78.3 Å². The summed E-state index contributed by atoms with van der Waals surface area (Å²) in [5.74, 6) is 1.09. The zero-order valence-corrected chi connectivity index (χ0v) is 17.7.